The molecule has 0 bridgehead atoms. The van der Waals surface area contributed by atoms with Gasteiger partial charge < -0.3 is 20.1 Å². The van der Waals surface area contributed by atoms with Crippen LogP contribution in [0.15, 0.2) is 60.8 Å². The summed E-state index contributed by atoms with van der Waals surface area (Å²) < 4.78 is 32.6. The number of hydrogen-bond acceptors (Lipinski definition) is 8. The molecule has 300 valence electrons. The highest BCUT2D eigenvalue weighted by atomic mass is 31.2. The predicted octanol–water partition coefficient (Wildman–Crippen LogP) is 11.3. The molecule has 3 N–H and O–H groups in total. The lowest BCUT2D eigenvalue weighted by Gasteiger charge is -2.19. The summed E-state index contributed by atoms with van der Waals surface area (Å²) in [7, 11) is -4.37. The summed E-state index contributed by atoms with van der Waals surface area (Å²) in [5.41, 5.74) is 5.33. The van der Waals surface area contributed by atoms with Gasteiger partial charge in [-0.1, -0.05) is 152 Å². The highest BCUT2D eigenvalue weighted by Crippen LogP contribution is 2.43. The molecule has 0 saturated heterocycles. The van der Waals surface area contributed by atoms with Crippen molar-refractivity contribution < 1.29 is 37.6 Å². The second-order valence-corrected chi connectivity index (χ2v) is 14.6. The fourth-order valence-corrected chi connectivity index (χ4v) is 5.95. The van der Waals surface area contributed by atoms with E-state index in [1.54, 1.807) is 0 Å². The number of nitrogens with two attached hydrogens (primary N) is 1. The molecular formula is C42H74NO8P. The molecule has 0 aromatic carbocycles. The molecular weight excluding hydrogens is 677 g/mol. The Morgan fingerprint density at radius 1 is 0.596 bits per heavy atom. The number of rotatable bonds is 37. The van der Waals surface area contributed by atoms with Crippen molar-refractivity contribution in [3.63, 3.8) is 0 Å². The predicted molar refractivity (Wildman–Crippen MR) is 215 cm³/mol. The first-order chi connectivity index (χ1) is 25.3. The van der Waals surface area contributed by atoms with Gasteiger partial charge in [-0.05, 0) is 57.8 Å². The largest absolute Gasteiger partial charge is 0.472 e. The van der Waals surface area contributed by atoms with Gasteiger partial charge in [0.2, 0.25) is 0 Å². The smallest absolute Gasteiger partial charge is 0.462 e. The molecule has 0 aromatic rings. The van der Waals surface area contributed by atoms with Crippen molar-refractivity contribution in [2.24, 2.45) is 5.73 Å². The Labute approximate surface area is 317 Å². The monoisotopic (exact) mass is 752 g/mol. The number of carbonyl (C=O) groups excluding carboxylic acids is 2. The van der Waals surface area contributed by atoms with Gasteiger partial charge in [0, 0.05) is 19.4 Å². The van der Waals surface area contributed by atoms with E-state index in [1.165, 1.54) is 51.4 Å². The van der Waals surface area contributed by atoms with Gasteiger partial charge in [0.25, 0.3) is 0 Å². The Morgan fingerprint density at radius 2 is 1.06 bits per heavy atom. The second kappa shape index (κ2) is 38.4. The van der Waals surface area contributed by atoms with E-state index in [-0.39, 0.29) is 32.6 Å². The average molecular weight is 752 g/mol. The normalized spacial score (nSPS) is 14.0. The summed E-state index contributed by atoms with van der Waals surface area (Å²) in [6.07, 6.45) is 44.1. The van der Waals surface area contributed by atoms with Crippen molar-refractivity contribution in [1.82, 2.24) is 0 Å². The van der Waals surface area contributed by atoms with Crippen LogP contribution >= 0.6 is 7.82 Å². The zero-order chi connectivity index (χ0) is 38.2. The van der Waals surface area contributed by atoms with Crippen LogP contribution < -0.4 is 5.73 Å². The van der Waals surface area contributed by atoms with Crippen molar-refractivity contribution in [3.05, 3.63) is 60.8 Å². The Morgan fingerprint density at radius 3 is 1.58 bits per heavy atom. The van der Waals surface area contributed by atoms with Gasteiger partial charge in [0.15, 0.2) is 6.10 Å². The van der Waals surface area contributed by atoms with Crippen LogP contribution in [0.1, 0.15) is 162 Å². The molecule has 2 unspecified atom stereocenters. The lowest BCUT2D eigenvalue weighted by molar-refractivity contribution is -0.161. The first kappa shape index (κ1) is 49.7. The number of hydrogen-bond donors (Lipinski definition) is 2. The molecule has 0 radical (unpaired) electrons. The quantitative estimate of drug-likeness (QED) is 0.0275. The Kier molecular flexibility index (Phi) is 36.7. The van der Waals surface area contributed by atoms with Crippen LogP contribution in [0.5, 0.6) is 0 Å². The topological polar surface area (TPSA) is 134 Å². The van der Waals surface area contributed by atoms with Crippen LogP contribution in [0.4, 0.5) is 0 Å². The van der Waals surface area contributed by atoms with Crippen molar-refractivity contribution >= 4 is 19.8 Å². The van der Waals surface area contributed by atoms with Crippen LogP contribution in [0, 0.1) is 0 Å². The maximum atomic E-state index is 12.5. The molecule has 10 heteroatoms. The molecule has 0 rings (SSSR count). The van der Waals surface area contributed by atoms with Crippen molar-refractivity contribution in [1.29, 1.82) is 0 Å². The first-order valence-corrected chi connectivity index (χ1v) is 21.8. The summed E-state index contributed by atoms with van der Waals surface area (Å²) >= 11 is 0. The molecule has 0 amide bonds. The van der Waals surface area contributed by atoms with Crippen LogP contribution in [0.3, 0.4) is 0 Å². The Bertz CT molecular complexity index is 1040. The third-order valence-electron chi connectivity index (χ3n) is 8.17. The van der Waals surface area contributed by atoms with Crippen molar-refractivity contribution in [3.8, 4) is 0 Å². The summed E-state index contributed by atoms with van der Waals surface area (Å²) in [4.78, 5) is 34.6. The molecule has 2 atom stereocenters. The lowest BCUT2D eigenvalue weighted by Crippen LogP contribution is -2.29. The van der Waals surface area contributed by atoms with E-state index in [0.717, 1.165) is 77.0 Å². The van der Waals surface area contributed by atoms with E-state index in [4.69, 9.17) is 24.3 Å². The zero-order valence-electron chi connectivity index (χ0n) is 32.8. The number of allylic oxidation sites excluding steroid dienone is 10. The van der Waals surface area contributed by atoms with Crippen molar-refractivity contribution in [2.45, 2.75) is 168 Å². The molecule has 0 saturated carbocycles. The van der Waals surface area contributed by atoms with E-state index >= 15 is 0 Å². The average Bonchev–Trinajstić information content (AvgIpc) is 3.13. The SMILES string of the molecule is CC/C=C\C/C=C\C/C=C\C/C=C\C/C=C\CCCCCCCCCC(=O)OC(COC(=O)CCCCCCCCCC)COP(=O)(O)OCCN. The van der Waals surface area contributed by atoms with E-state index in [2.05, 4.69) is 74.6 Å². The number of phosphoric ester groups is 1. The molecule has 0 fully saturated rings. The van der Waals surface area contributed by atoms with Crippen LogP contribution in [0.25, 0.3) is 0 Å². The Hall–Kier alpha value is -2.29. The maximum absolute atomic E-state index is 12.5. The van der Waals surface area contributed by atoms with Gasteiger partial charge in [-0.25, -0.2) is 4.57 Å². The lowest BCUT2D eigenvalue weighted by atomic mass is 10.1. The molecule has 0 aliphatic heterocycles. The highest BCUT2D eigenvalue weighted by Gasteiger charge is 2.25. The van der Waals surface area contributed by atoms with Gasteiger partial charge >= 0.3 is 19.8 Å². The van der Waals surface area contributed by atoms with Gasteiger partial charge in [0.1, 0.15) is 6.61 Å². The minimum Gasteiger partial charge on any atom is -0.462 e. The summed E-state index contributed by atoms with van der Waals surface area (Å²) in [6, 6.07) is 0. The van der Waals surface area contributed by atoms with Gasteiger partial charge in [-0.3, -0.25) is 18.6 Å². The van der Waals surface area contributed by atoms with Gasteiger partial charge in [-0.2, -0.15) is 0 Å². The molecule has 52 heavy (non-hydrogen) atoms. The minimum atomic E-state index is -4.37. The number of esters is 2. The van der Waals surface area contributed by atoms with E-state index in [0.29, 0.717) is 6.42 Å². The number of ether oxygens (including phenoxy) is 2. The maximum Gasteiger partial charge on any atom is 0.472 e. The fourth-order valence-electron chi connectivity index (χ4n) is 5.19. The zero-order valence-corrected chi connectivity index (χ0v) is 33.7. The van der Waals surface area contributed by atoms with E-state index in [9.17, 15) is 19.0 Å². The molecule has 0 aliphatic rings. The molecule has 0 spiro atoms. The first-order valence-electron chi connectivity index (χ1n) is 20.3. The van der Waals surface area contributed by atoms with E-state index in [1.807, 2.05) is 0 Å². The molecule has 0 heterocycles. The highest BCUT2D eigenvalue weighted by molar-refractivity contribution is 7.47. The summed E-state index contributed by atoms with van der Waals surface area (Å²) in [5, 5.41) is 0. The minimum absolute atomic E-state index is 0.0494. The standard InChI is InChI=1S/C42H74NO8P/c1-3-5-7-9-11-13-14-15-16-17-18-19-20-21-22-23-24-25-26-27-29-31-33-35-42(45)51-40(39-50-52(46,47)49-37-36-43)38-48-41(44)34-32-30-28-12-10-8-6-4-2/h5,7,11,13,15-16,18-19,21-22,40H,3-4,6,8-10,12,14,17,20,23-39,43H2,1-2H3,(H,46,47)/b7-5-,13-11-,16-15-,19-18-,22-21-. The molecule has 0 aliphatic carbocycles. The summed E-state index contributed by atoms with van der Waals surface area (Å²) in [6.45, 7) is 3.55. The number of unbranched alkanes of at least 4 members (excludes halogenated alkanes) is 14. The fraction of sp³-hybridized carbons (Fsp3) is 0.714. The van der Waals surface area contributed by atoms with Crippen LogP contribution in [-0.4, -0.2) is 49.3 Å². The van der Waals surface area contributed by atoms with Crippen molar-refractivity contribution in [2.75, 3.05) is 26.4 Å². The van der Waals surface area contributed by atoms with Gasteiger partial charge in [0.05, 0.1) is 13.2 Å². The van der Waals surface area contributed by atoms with Gasteiger partial charge in [-0.15, -0.1) is 0 Å². The Balaban J connectivity index is 4.12. The molecule has 0 aromatic heterocycles. The van der Waals surface area contributed by atoms with Crippen LogP contribution in [0.2, 0.25) is 0 Å². The third kappa shape index (κ3) is 37.5. The van der Waals surface area contributed by atoms with Crippen LogP contribution in [-0.2, 0) is 32.7 Å². The third-order valence-corrected chi connectivity index (χ3v) is 9.15. The summed E-state index contributed by atoms with van der Waals surface area (Å²) in [5.74, 6) is -0.850. The second-order valence-electron chi connectivity index (χ2n) is 13.1. The number of carbonyl (C=O) groups is 2. The number of phosphoric acid groups is 1. The molecule has 9 nitrogen and oxygen atoms in total. The van der Waals surface area contributed by atoms with E-state index < -0.39 is 32.5 Å².